The number of amides is 1. The molecule has 21 heavy (non-hydrogen) atoms. The van der Waals surface area contributed by atoms with Gasteiger partial charge >= 0.3 is 6.09 Å². The number of fused-ring (bicyclic) bond motifs is 1. The highest BCUT2D eigenvalue weighted by molar-refractivity contribution is 5.77. The van der Waals surface area contributed by atoms with Crippen LogP contribution in [0.3, 0.4) is 0 Å². The summed E-state index contributed by atoms with van der Waals surface area (Å²) in [5, 5.41) is 7.20. The number of methoxy groups -OCH3 is 1. The molecule has 1 aliphatic heterocycles. The van der Waals surface area contributed by atoms with Crippen LogP contribution in [-0.4, -0.2) is 35.3 Å². The quantitative estimate of drug-likeness (QED) is 0.921. The lowest BCUT2D eigenvalue weighted by molar-refractivity contribution is 0.137. The minimum absolute atomic E-state index is 0.241. The highest BCUT2D eigenvalue weighted by Gasteiger charge is 2.37. The number of nitrogens with zero attached hydrogens (tertiary/aromatic N) is 2. The summed E-state index contributed by atoms with van der Waals surface area (Å²) in [5.74, 6) is 1.03. The Hall–Kier alpha value is -2.50. The fourth-order valence-electron chi connectivity index (χ4n) is 2.80. The lowest BCUT2D eigenvalue weighted by atomic mass is 9.94. The second kappa shape index (κ2) is 4.80. The van der Waals surface area contributed by atoms with E-state index in [1.807, 2.05) is 26.0 Å². The predicted molar refractivity (Wildman–Crippen MR) is 76.7 cm³/mol. The van der Waals surface area contributed by atoms with Gasteiger partial charge in [-0.1, -0.05) is 12.1 Å². The van der Waals surface area contributed by atoms with Crippen molar-refractivity contribution in [3.05, 3.63) is 40.7 Å². The number of aromatic amines is 1. The number of aryl methyl sites for hydroxylation is 2. The van der Waals surface area contributed by atoms with E-state index in [-0.39, 0.29) is 6.04 Å². The summed E-state index contributed by atoms with van der Waals surface area (Å²) in [4.78, 5) is 13.7. The Balaban J connectivity index is 2.24. The molecule has 1 aromatic carbocycles. The average molecular weight is 287 g/mol. The Labute approximate surface area is 122 Å². The van der Waals surface area contributed by atoms with Crippen molar-refractivity contribution in [3.8, 4) is 11.5 Å². The molecular formula is C15H17N3O3. The fraction of sp³-hybridized carbons (Fsp3) is 0.333. The Morgan fingerprint density at radius 2 is 2.14 bits per heavy atom. The molecule has 0 radical (unpaired) electrons. The van der Waals surface area contributed by atoms with Gasteiger partial charge in [0.2, 0.25) is 0 Å². The number of carbonyl (C=O) groups excluding carboxylic acids is 1. The first-order valence-corrected chi connectivity index (χ1v) is 6.67. The molecule has 2 heterocycles. The van der Waals surface area contributed by atoms with Crippen LogP contribution in [0, 0.1) is 13.8 Å². The minimum Gasteiger partial charge on any atom is -0.493 e. The lowest BCUT2D eigenvalue weighted by Gasteiger charge is -2.34. The number of para-hydroxylation sites is 1. The normalized spacial score (nSPS) is 17.4. The van der Waals surface area contributed by atoms with Crippen LogP contribution in [0.15, 0.2) is 18.2 Å². The first-order chi connectivity index (χ1) is 10.0. The minimum atomic E-state index is -0.406. The van der Waals surface area contributed by atoms with Crippen molar-refractivity contribution in [1.29, 1.82) is 0 Å². The molecule has 0 saturated heterocycles. The summed E-state index contributed by atoms with van der Waals surface area (Å²) in [5.41, 5.74) is 3.69. The molecule has 0 fully saturated rings. The number of ether oxygens (including phenoxy) is 2. The summed E-state index contributed by atoms with van der Waals surface area (Å²) in [7, 11) is 3.28. The zero-order chi connectivity index (χ0) is 15.1. The van der Waals surface area contributed by atoms with Gasteiger partial charge in [0.05, 0.1) is 18.8 Å². The number of carbonyl (C=O) groups is 1. The molecule has 2 aromatic rings. The van der Waals surface area contributed by atoms with Gasteiger partial charge in [0.25, 0.3) is 0 Å². The Morgan fingerprint density at radius 3 is 2.76 bits per heavy atom. The highest BCUT2D eigenvalue weighted by atomic mass is 16.6. The molecule has 1 atom stereocenters. The molecular weight excluding hydrogens is 270 g/mol. The van der Waals surface area contributed by atoms with E-state index in [0.717, 1.165) is 22.5 Å². The molecule has 1 aliphatic rings. The third-order valence-electron chi connectivity index (χ3n) is 3.85. The number of aromatic nitrogens is 2. The van der Waals surface area contributed by atoms with E-state index in [1.54, 1.807) is 25.1 Å². The van der Waals surface area contributed by atoms with Gasteiger partial charge in [0.1, 0.15) is 0 Å². The maximum atomic E-state index is 12.2. The zero-order valence-electron chi connectivity index (χ0n) is 12.4. The molecule has 6 heteroatoms. The molecule has 1 amide bonds. The van der Waals surface area contributed by atoms with Crippen LogP contribution < -0.4 is 9.47 Å². The SMILES string of the molecule is COc1cccc2c1OC(=O)N(C)C2c1c(C)n[nH]c1C. The van der Waals surface area contributed by atoms with Crippen LogP contribution in [0.2, 0.25) is 0 Å². The molecule has 3 rings (SSSR count). The average Bonchev–Trinajstić information content (AvgIpc) is 2.80. The fourth-order valence-corrected chi connectivity index (χ4v) is 2.80. The molecule has 0 spiro atoms. The highest BCUT2D eigenvalue weighted by Crippen LogP contribution is 2.44. The van der Waals surface area contributed by atoms with E-state index in [0.29, 0.717) is 11.5 Å². The summed E-state index contributed by atoms with van der Waals surface area (Å²) >= 11 is 0. The molecule has 0 saturated carbocycles. The van der Waals surface area contributed by atoms with Crippen LogP contribution in [0.4, 0.5) is 4.79 Å². The van der Waals surface area contributed by atoms with E-state index in [9.17, 15) is 4.79 Å². The van der Waals surface area contributed by atoms with Crippen molar-refractivity contribution in [2.45, 2.75) is 19.9 Å². The molecule has 1 aromatic heterocycles. The van der Waals surface area contributed by atoms with Crippen molar-refractivity contribution in [2.24, 2.45) is 0 Å². The number of hydrogen-bond acceptors (Lipinski definition) is 4. The van der Waals surface area contributed by atoms with Crippen LogP contribution in [0.5, 0.6) is 11.5 Å². The van der Waals surface area contributed by atoms with Gasteiger partial charge in [0, 0.05) is 23.9 Å². The Bertz CT molecular complexity index is 689. The van der Waals surface area contributed by atoms with Crippen molar-refractivity contribution in [1.82, 2.24) is 15.1 Å². The molecule has 1 N–H and O–H groups in total. The van der Waals surface area contributed by atoms with Crippen molar-refractivity contribution < 1.29 is 14.3 Å². The number of benzene rings is 1. The first kappa shape index (κ1) is 13.5. The Kier molecular flexibility index (Phi) is 3.08. The smallest absolute Gasteiger partial charge is 0.415 e. The largest absolute Gasteiger partial charge is 0.493 e. The summed E-state index contributed by atoms with van der Waals surface area (Å²) in [6, 6.07) is 5.37. The van der Waals surface area contributed by atoms with Crippen molar-refractivity contribution in [2.75, 3.05) is 14.2 Å². The number of nitrogens with one attached hydrogen (secondary N) is 1. The van der Waals surface area contributed by atoms with E-state index in [2.05, 4.69) is 10.2 Å². The molecule has 1 unspecified atom stereocenters. The van der Waals surface area contributed by atoms with E-state index in [1.165, 1.54) is 0 Å². The van der Waals surface area contributed by atoms with Gasteiger partial charge in [-0.25, -0.2) is 4.79 Å². The maximum absolute atomic E-state index is 12.2. The number of rotatable bonds is 2. The van der Waals surface area contributed by atoms with Gasteiger partial charge < -0.3 is 9.47 Å². The summed E-state index contributed by atoms with van der Waals surface area (Å²) in [6.45, 7) is 3.87. The third kappa shape index (κ3) is 1.94. The van der Waals surface area contributed by atoms with Gasteiger partial charge in [0.15, 0.2) is 11.5 Å². The van der Waals surface area contributed by atoms with E-state index in [4.69, 9.17) is 9.47 Å². The molecule has 6 nitrogen and oxygen atoms in total. The van der Waals surface area contributed by atoms with Gasteiger partial charge in [-0.3, -0.25) is 10.00 Å². The third-order valence-corrected chi connectivity index (χ3v) is 3.85. The van der Waals surface area contributed by atoms with Crippen molar-refractivity contribution in [3.63, 3.8) is 0 Å². The topological polar surface area (TPSA) is 67.5 Å². The van der Waals surface area contributed by atoms with Crippen molar-refractivity contribution >= 4 is 6.09 Å². The second-order valence-electron chi connectivity index (χ2n) is 5.11. The van der Waals surface area contributed by atoms with Crippen LogP contribution in [0.25, 0.3) is 0 Å². The van der Waals surface area contributed by atoms with Gasteiger partial charge in [-0.05, 0) is 19.9 Å². The Morgan fingerprint density at radius 1 is 1.38 bits per heavy atom. The maximum Gasteiger partial charge on any atom is 0.415 e. The second-order valence-corrected chi connectivity index (χ2v) is 5.11. The predicted octanol–water partition coefficient (Wildman–Crippen LogP) is 2.57. The number of hydrogen-bond donors (Lipinski definition) is 1. The van der Waals surface area contributed by atoms with Gasteiger partial charge in [-0.2, -0.15) is 5.10 Å². The standard InChI is InChI=1S/C15H17N3O3/c1-8-12(9(2)17-16-8)13-10-6-5-7-11(20-4)14(10)21-15(19)18(13)3/h5-7,13H,1-4H3,(H,16,17). The van der Waals surface area contributed by atoms with E-state index >= 15 is 0 Å². The van der Waals surface area contributed by atoms with E-state index < -0.39 is 6.09 Å². The van der Waals surface area contributed by atoms with Crippen LogP contribution >= 0.6 is 0 Å². The first-order valence-electron chi connectivity index (χ1n) is 6.67. The molecule has 0 aliphatic carbocycles. The van der Waals surface area contributed by atoms with Crippen LogP contribution in [0.1, 0.15) is 28.6 Å². The van der Waals surface area contributed by atoms with Gasteiger partial charge in [-0.15, -0.1) is 0 Å². The monoisotopic (exact) mass is 287 g/mol. The summed E-state index contributed by atoms with van der Waals surface area (Å²) in [6.07, 6.45) is -0.406. The zero-order valence-corrected chi connectivity index (χ0v) is 12.4. The van der Waals surface area contributed by atoms with Crippen LogP contribution in [-0.2, 0) is 0 Å². The lowest BCUT2D eigenvalue weighted by Crippen LogP contribution is -2.38. The number of H-pyrrole nitrogens is 1. The summed E-state index contributed by atoms with van der Waals surface area (Å²) < 4.78 is 10.7. The molecule has 0 bridgehead atoms. The molecule has 110 valence electrons.